The highest BCUT2D eigenvalue weighted by molar-refractivity contribution is 8.18. The van der Waals surface area contributed by atoms with E-state index in [-0.39, 0.29) is 29.5 Å². The molecule has 8 heteroatoms. The van der Waals surface area contributed by atoms with Gasteiger partial charge in [0.05, 0.1) is 11.4 Å². The minimum absolute atomic E-state index is 0.147. The Morgan fingerprint density at radius 3 is 2.57 bits per heavy atom. The second-order valence-corrected chi connectivity index (χ2v) is 9.05. The number of amides is 3. The second kappa shape index (κ2) is 10.6. The predicted molar refractivity (Wildman–Crippen MR) is 134 cm³/mol. The highest BCUT2D eigenvalue weighted by Gasteiger charge is 2.35. The van der Waals surface area contributed by atoms with E-state index in [4.69, 9.17) is 4.74 Å². The number of imide groups is 1. The van der Waals surface area contributed by atoms with Gasteiger partial charge >= 0.3 is 0 Å². The number of hydrogen-bond donors (Lipinski definition) is 1. The molecule has 0 unspecified atom stereocenters. The molecule has 0 atom stereocenters. The van der Waals surface area contributed by atoms with Gasteiger partial charge in [0.2, 0.25) is 0 Å². The number of halogens is 1. The van der Waals surface area contributed by atoms with Crippen molar-refractivity contribution in [3.63, 3.8) is 0 Å². The molecule has 1 heterocycles. The van der Waals surface area contributed by atoms with E-state index >= 15 is 0 Å². The monoisotopic (exact) mass is 490 g/mol. The summed E-state index contributed by atoms with van der Waals surface area (Å²) in [6, 6.07) is 18.7. The van der Waals surface area contributed by atoms with Gasteiger partial charge in [0.15, 0.2) is 6.61 Å². The number of benzene rings is 3. The largest absolute Gasteiger partial charge is 0.483 e. The molecule has 178 valence electrons. The molecule has 6 nitrogen and oxygen atoms in total. The molecule has 0 saturated carbocycles. The number of nitrogens with one attached hydrogen (secondary N) is 1. The lowest BCUT2D eigenvalue weighted by Gasteiger charge is -2.13. The summed E-state index contributed by atoms with van der Waals surface area (Å²) in [7, 11) is 0. The molecule has 4 rings (SSSR count). The lowest BCUT2D eigenvalue weighted by Crippen LogP contribution is -2.27. The third-order valence-corrected chi connectivity index (χ3v) is 6.29. The first-order valence-electron chi connectivity index (χ1n) is 10.9. The van der Waals surface area contributed by atoms with Crippen LogP contribution in [0.4, 0.5) is 14.9 Å². The number of anilines is 1. The number of carbonyl (C=O) groups excluding carboxylic acids is 3. The average molecular weight is 491 g/mol. The minimum atomic E-state index is -0.509. The number of para-hydroxylation sites is 1. The Labute approximate surface area is 206 Å². The van der Waals surface area contributed by atoms with Gasteiger partial charge in [0, 0.05) is 16.8 Å². The van der Waals surface area contributed by atoms with Crippen LogP contribution in [0.2, 0.25) is 0 Å². The van der Waals surface area contributed by atoms with Gasteiger partial charge in [-0.2, -0.15) is 0 Å². The molecular formula is C27H23FN2O4S. The van der Waals surface area contributed by atoms with Crippen LogP contribution in [-0.2, 0) is 16.1 Å². The van der Waals surface area contributed by atoms with Crippen LogP contribution in [0, 0.1) is 19.7 Å². The van der Waals surface area contributed by atoms with Crippen molar-refractivity contribution in [2.45, 2.75) is 20.4 Å². The molecule has 0 aliphatic carbocycles. The van der Waals surface area contributed by atoms with Crippen LogP contribution in [0.15, 0.2) is 71.6 Å². The molecule has 0 bridgehead atoms. The fourth-order valence-electron chi connectivity index (χ4n) is 3.59. The number of rotatable bonds is 7. The SMILES string of the molecule is Cc1ccc(NC(=O)COc2ccccc2/C=C2\SC(=O)N(Cc3ccccc3F)C2=O)c(C)c1. The van der Waals surface area contributed by atoms with Gasteiger partial charge in [-0.05, 0) is 55.4 Å². The Balaban J connectivity index is 1.45. The van der Waals surface area contributed by atoms with E-state index in [0.717, 1.165) is 27.8 Å². The van der Waals surface area contributed by atoms with Crippen LogP contribution in [0.1, 0.15) is 22.3 Å². The zero-order chi connectivity index (χ0) is 24.9. The first-order chi connectivity index (χ1) is 16.8. The van der Waals surface area contributed by atoms with Crippen molar-refractivity contribution in [2.24, 2.45) is 0 Å². The number of aryl methyl sites for hydroxylation is 2. The van der Waals surface area contributed by atoms with Crippen molar-refractivity contribution >= 4 is 40.6 Å². The molecule has 1 aliphatic heterocycles. The van der Waals surface area contributed by atoms with Crippen LogP contribution in [0.3, 0.4) is 0 Å². The summed E-state index contributed by atoms with van der Waals surface area (Å²) < 4.78 is 19.7. The van der Waals surface area contributed by atoms with Crippen LogP contribution >= 0.6 is 11.8 Å². The number of nitrogens with zero attached hydrogens (tertiary/aromatic N) is 1. The second-order valence-electron chi connectivity index (χ2n) is 8.05. The Morgan fingerprint density at radius 1 is 1.06 bits per heavy atom. The fourth-order valence-corrected chi connectivity index (χ4v) is 4.42. The van der Waals surface area contributed by atoms with Gasteiger partial charge in [-0.15, -0.1) is 0 Å². The van der Waals surface area contributed by atoms with Crippen LogP contribution in [0.25, 0.3) is 6.08 Å². The molecule has 0 radical (unpaired) electrons. The number of ether oxygens (including phenoxy) is 1. The molecule has 3 aromatic carbocycles. The molecule has 1 fully saturated rings. The summed E-state index contributed by atoms with van der Waals surface area (Å²) in [4.78, 5) is 38.9. The number of thioether (sulfide) groups is 1. The van der Waals surface area contributed by atoms with Crippen LogP contribution < -0.4 is 10.1 Å². The Hall–Kier alpha value is -3.91. The van der Waals surface area contributed by atoms with Crippen molar-refractivity contribution < 1.29 is 23.5 Å². The van der Waals surface area contributed by atoms with Crippen LogP contribution in [-0.4, -0.2) is 28.6 Å². The maximum Gasteiger partial charge on any atom is 0.293 e. The van der Waals surface area contributed by atoms with E-state index in [9.17, 15) is 18.8 Å². The molecule has 0 spiro atoms. The van der Waals surface area contributed by atoms with Crippen molar-refractivity contribution in [1.29, 1.82) is 0 Å². The van der Waals surface area contributed by atoms with Gasteiger partial charge < -0.3 is 10.1 Å². The topological polar surface area (TPSA) is 75.7 Å². The smallest absolute Gasteiger partial charge is 0.293 e. The Bertz CT molecular complexity index is 1340. The van der Waals surface area contributed by atoms with E-state index in [2.05, 4.69) is 5.32 Å². The highest BCUT2D eigenvalue weighted by atomic mass is 32.2. The van der Waals surface area contributed by atoms with E-state index in [1.807, 2.05) is 32.0 Å². The maximum atomic E-state index is 14.0. The summed E-state index contributed by atoms with van der Waals surface area (Å²) >= 11 is 0.781. The molecule has 0 aromatic heterocycles. The third-order valence-electron chi connectivity index (χ3n) is 5.38. The van der Waals surface area contributed by atoms with Gasteiger partial charge in [-0.25, -0.2) is 4.39 Å². The van der Waals surface area contributed by atoms with E-state index in [1.165, 1.54) is 12.1 Å². The molecule has 1 N–H and O–H groups in total. The molecule has 35 heavy (non-hydrogen) atoms. The lowest BCUT2D eigenvalue weighted by molar-refractivity contribution is -0.123. The normalized spacial score (nSPS) is 14.5. The van der Waals surface area contributed by atoms with Crippen molar-refractivity contribution in [3.8, 4) is 5.75 Å². The molecule has 1 saturated heterocycles. The van der Waals surface area contributed by atoms with E-state index in [0.29, 0.717) is 17.0 Å². The molecule has 3 amide bonds. The third kappa shape index (κ3) is 5.78. The first kappa shape index (κ1) is 24.2. The summed E-state index contributed by atoms with van der Waals surface area (Å²) in [5.41, 5.74) is 3.56. The van der Waals surface area contributed by atoms with Crippen molar-refractivity contribution in [2.75, 3.05) is 11.9 Å². The fraction of sp³-hybridized carbons (Fsp3) is 0.148. The standard InChI is InChI=1S/C27H23FN2O4S/c1-17-11-12-22(18(2)13-17)29-25(31)16-34-23-10-6-4-7-19(23)14-24-26(32)30(27(33)35-24)15-20-8-3-5-9-21(20)28/h3-14H,15-16H2,1-2H3,(H,29,31)/b24-14-. The summed E-state index contributed by atoms with van der Waals surface area (Å²) in [5.74, 6) is -0.917. The van der Waals surface area contributed by atoms with Gasteiger partial charge in [0.1, 0.15) is 11.6 Å². The molecular weight excluding hydrogens is 467 g/mol. The summed E-state index contributed by atoms with van der Waals surface area (Å²) in [5, 5.41) is 2.35. The minimum Gasteiger partial charge on any atom is -0.483 e. The number of hydrogen-bond acceptors (Lipinski definition) is 5. The Kier molecular flexibility index (Phi) is 7.31. The van der Waals surface area contributed by atoms with Crippen molar-refractivity contribution in [1.82, 2.24) is 4.90 Å². The quantitative estimate of drug-likeness (QED) is 0.430. The number of carbonyl (C=O) groups is 3. The van der Waals surface area contributed by atoms with E-state index < -0.39 is 17.0 Å². The van der Waals surface area contributed by atoms with Gasteiger partial charge in [0.25, 0.3) is 17.1 Å². The zero-order valence-electron chi connectivity index (χ0n) is 19.2. The van der Waals surface area contributed by atoms with Crippen LogP contribution in [0.5, 0.6) is 5.75 Å². The molecule has 3 aromatic rings. The summed E-state index contributed by atoms with van der Waals surface area (Å²) in [6.07, 6.45) is 1.55. The van der Waals surface area contributed by atoms with Gasteiger partial charge in [-0.1, -0.05) is 54.1 Å². The Morgan fingerprint density at radius 2 is 1.80 bits per heavy atom. The molecule has 1 aliphatic rings. The first-order valence-corrected chi connectivity index (χ1v) is 11.7. The predicted octanol–water partition coefficient (Wildman–Crippen LogP) is 5.70. The summed E-state index contributed by atoms with van der Waals surface area (Å²) in [6.45, 7) is 3.52. The maximum absolute atomic E-state index is 14.0. The van der Waals surface area contributed by atoms with Crippen molar-refractivity contribution in [3.05, 3.63) is 99.7 Å². The average Bonchev–Trinajstić information content (AvgIpc) is 3.09. The zero-order valence-corrected chi connectivity index (χ0v) is 20.0. The highest BCUT2D eigenvalue weighted by Crippen LogP contribution is 2.35. The van der Waals surface area contributed by atoms with Gasteiger partial charge in [-0.3, -0.25) is 19.3 Å². The lowest BCUT2D eigenvalue weighted by atomic mass is 10.1. The van der Waals surface area contributed by atoms with E-state index in [1.54, 1.807) is 42.5 Å².